The summed E-state index contributed by atoms with van der Waals surface area (Å²) in [4.78, 5) is 24.4. The first-order chi connectivity index (χ1) is 12.1. The van der Waals surface area contributed by atoms with Crippen molar-refractivity contribution >= 4 is 22.4 Å². The number of hydrogen-bond donors (Lipinski definition) is 2. The number of halogens is 1. The van der Waals surface area contributed by atoms with Crippen LogP contribution < -0.4 is 15.6 Å². The van der Waals surface area contributed by atoms with Gasteiger partial charge in [-0.1, -0.05) is 24.1 Å². The van der Waals surface area contributed by atoms with E-state index in [0.717, 1.165) is 6.07 Å². The quantitative estimate of drug-likeness (QED) is 0.716. The van der Waals surface area contributed by atoms with Crippen LogP contribution in [0.1, 0.15) is 10.5 Å². The minimum atomic E-state index is -0.579. The molecular weight excluding hydrogens is 325 g/mol. The monoisotopic (exact) mass is 337 g/mol. The van der Waals surface area contributed by atoms with Gasteiger partial charge in [0.25, 0.3) is 11.5 Å². The maximum Gasteiger partial charge on any atom is 0.276 e. The lowest BCUT2D eigenvalue weighted by atomic mass is 10.1. The van der Waals surface area contributed by atoms with E-state index in [0.29, 0.717) is 10.8 Å². The van der Waals surface area contributed by atoms with Crippen LogP contribution in [0, 0.1) is 18.2 Å². The lowest BCUT2D eigenvalue weighted by Gasteiger charge is -2.11. The molecule has 3 rings (SSSR count). The van der Waals surface area contributed by atoms with Crippen molar-refractivity contribution in [3.05, 3.63) is 64.3 Å². The van der Waals surface area contributed by atoms with Gasteiger partial charge in [-0.2, -0.15) is 5.10 Å². The molecule has 1 amide bonds. The second-order valence-corrected chi connectivity index (χ2v) is 5.03. The molecule has 0 aliphatic heterocycles. The van der Waals surface area contributed by atoms with Crippen LogP contribution in [0.25, 0.3) is 10.8 Å². The molecule has 2 N–H and O–H groups in total. The Bertz CT molecular complexity index is 1050. The van der Waals surface area contributed by atoms with Gasteiger partial charge in [0.15, 0.2) is 5.69 Å². The van der Waals surface area contributed by atoms with Crippen molar-refractivity contribution in [1.29, 1.82) is 0 Å². The van der Waals surface area contributed by atoms with E-state index in [-0.39, 0.29) is 23.7 Å². The molecule has 0 fully saturated rings. The molecule has 25 heavy (non-hydrogen) atoms. The Hall–Kier alpha value is -3.66. The molecule has 0 saturated carbocycles. The number of rotatable bonds is 4. The van der Waals surface area contributed by atoms with Crippen LogP contribution >= 0.6 is 0 Å². The van der Waals surface area contributed by atoms with Crippen LogP contribution in [0.2, 0.25) is 0 Å². The Morgan fingerprint density at radius 3 is 2.80 bits per heavy atom. The van der Waals surface area contributed by atoms with Crippen molar-refractivity contribution in [1.82, 2.24) is 10.2 Å². The lowest BCUT2D eigenvalue weighted by Crippen LogP contribution is -2.19. The van der Waals surface area contributed by atoms with E-state index in [9.17, 15) is 14.0 Å². The number of nitrogens with zero attached hydrogens (tertiary/aromatic N) is 1. The Labute approximate surface area is 141 Å². The fourth-order valence-corrected chi connectivity index (χ4v) is 2.31. The van der Waals surface area contributed by atoms with Crippen molar-refractivity contribution in [3.8, 4) is 18.1 Å². The van der Waals surface area contributed by atoms with Crippen molar-refractivity contribution in [2.75, 3.05) is 11.9 Å². The van der Waals surface area contributed by atoms with E-state index in [1.807, 2.05) is 0 Å². The van der Waals surface area contributed by atoms with Gasteiger partial charge in [0, 0.05) is 11.5 Å². The van der Waals surface area contributed by atoms with Gasteiger partial charge in [-0.15, -0.1) is 6.42 Å². The highest BCUT2D eigenvalue weighted by molar-refractivity contribution is 6.11. The number of carbonyl (C=O) groups excluding carboxylic acids is 1. The predicted molar refractivity (Wildman–Crippen MR) is 91.0 cm³/mol. The number of H-pyrrole nitrogens is 1. The summed E-state index contributed by atoms with van der Waals surface area (Å²) >= 11 is 0. The standard InChI is InChI=1S/C18H12FN3O3/c1-2-9-25-15-10-11(19)7-8-14(15)20-18(24)16-12-5-3-4-6-13(12)17(23)22-21-16/h1,3-8,10H,9H2,(H,20,24)(H,22,23). The molecule has 0 saturated heterocycles. The van der Waals surface area contributed by atoms with Crippen LogP contribution in [0.4, 0.5) is 10.1 Å². The zero-order valence-electron chi connectivity index (χ0n) is 12.9. The topological polar surface area (TPSA) is 84.1 Å². The number of benzene rings is 2. The van der Waals surface area contributed by atoms with E-state index >= 15 is 0 Å². The molecule has 124 valence electrons. The summed E-state index contributed by atoms with van der Waals surface area (Å²) in [5.74, 6) is 1.26. The molecule has 0 atom stereocenters. The molecule has 6 nitrogen and oxygen atoms in total. The SMILES string of the molecule is C#CCOc1cc(F)ccc1NC(=O)c1n[nH]c(=O)c2ccccc12. The molecule has 0 spiro atoms. The van der Waals surface area contributed by atoms with E-state index in [1.54, 1.807) is 24.3 Å². The molecule has 0 bridgehead atoms. The summed E-state index contributed by atoms with van der Waals surface area (Å²) in [6, 6.07) is 10.2. The lowest BCUT2D eigenvalue weighted by molar-refractivity contribution is 0.102. The van der Waals surface area contributed by atoms with Gasteiger partial charge in [-0.05, 0) is 18.2 Å². The number of hydrogen-bond acceptors (Lipinski definition) is 4. The first-order valence-corrected chi connectivity index (χ1v) is 7.24. The molecule has 1 heterocycles. The molecule has 2 aromatic carbocycles. The number of amides is 1. The van der Waals surface area contributed by atoms with Crippen LogP contribution in [0.3, 0.4) is 0 Å². The zero-order valence-corrected chi connectivity index (χ0v) is 12.9. The maximum absolute atomic E-state index is 13.4. The second-order valence-electron chi connectivity index (χ2n) is 5.03. The largest absolute Gasteiger partial charge is 0.479 e. The first-order valence-electron chi connectivity index (χ1n) is 7.24. The summed E-state index contributed by atoms with van der Waals surface area (Å²) in [7, 11) is 0. The Morgan fingerprint density at radius 2 is 2.04 bits per heavy atom. The van der Waals surface area contributed by atoms with E-state index in [1.165, 1.54) is 12.1 Å². The molecule has 0 aliphatic rings. The fourth-order valence-electron chi connectivity index (χ4n) is 2.31. The van der Waals surface area contributed by atoms with Gasteiger partial charge >= 0.3 is 0 Å². The fraction of sp³-hybridized carbons (Fsp3) is 0.0556. The number of aromatic nitrogens is 2. The highest BCUT2D eigenvalue weighted by Crippen LogP contribution is 2.26. The van der Waals surface area contributed by atoms with E-state index < -0.39 is 17.3 Å². The maximum atomic E-state index is 13.4. The first kappa shape index (κ1) is 16.2. The third-order valence-corrected chi connectivity index (χ3v) is 3.41. The average molecular weight is 337 g/mol. The number of terminal acetylenes is 1. The summed E-state index contributed by atoms with van der Waals surface area (Å²) < 4.78 is 18.6. The molecule has 0 aliphatic carbocycles. The van der Waals surface area contributed by atoms with Crippen molar-refractivity contribution in [2.45, 2.75) is 0 Å². The third-order valence-electron chi connectivity index (χ3n) is 3.41. The summed E-state index contributed by atoms with van der Waals surface area (Å²) in [5.41, 5.74) is -0.131. The average Bonchev–Trinajstić information content (AvgIpc) is 2.62. The highest BCUT2D eigenvalue weighted by Gasteiger charge is 2.16. The van der Waals surface area contributed by atoms with E-state index in [4.69, 9.17) is 11.2 Å². The normalized spacial score (nSPS) is 10.2. The number of anilines is 1. The van der Waals surface area contributed by atoms with Crippen molar-refractivity contribution in [3.63, 3.8) is 0 Å². The number of ether oxygens (including phenoxy) is 1. The number of nitrogens with one attached hydrogen (secondary N) is 2. The van der Waals surface area contributed by atoms with Crippen LogP contribution in [-0.4, -0.2) is 22.7 Å². The Balaban J connectivity index is 1.98. The summed E-state index contributed by atoms with van der Waals surface area (Å²) in [6.07, 6.45) is 5.13. The Kier molecular flexibility index (Phi) is 4.44. The van der Waals surface area contributed by atoms with Gasteiger partial charge in [0.05, 0.1) is 11.1 Å². The highest BCUT2D eigenvalue weighted by atomic mass is 19.1. The van der Waals surface area contributed by atoms with Crippen LogP contribution in [0.5, 0.6) is 5.75 Å². The Morgan fingerprint density at radius 1 is 1.28 bits per heavy atom. The van der Waals surface area contributed by atoms with Crippen molar-refractivity contribution < 1.29 is 13.9 Å². The molecule has 0 radical (unpaired) electrons. The van der Waals surface area contributed by atoms with Crippen LogP contribution in [-0.2, 0) is 0 Å². The van der Waals surface area contributed by atoms with Gasteiger partial charge in [-0.3, -0.25) is 9.59 Å². The van der Waals surface area contributed by atoms with Gasteiger partial charge in [0.2, 0.25) is 0 Å². The van der Waals surface area contributed by atoms with Gasteiger partial charge < -0.3 is 10.1 Å². The zero-order chi connectivity index (χ0) is 17.8. The second kappa shape index (κ2) is 6.84. The smallest absolute Gasteiger partial charge is 0.276 e. The summed E-state index contributed by atoms with van der Waals surface area (Å²) in [6.45, 7) is -0.0772. The minimum Gasteiger partial charge on any atom is -0.479 e. The van der Waals surface area contributed by atoms with Gasteiger partial charge in [0.1, 0.15) is 18.2 Å². The number of aromatic amines is 1. The van der Waals surface area contributed by atoms with E-state index in [2.05, 4.69) is 21.4 Å². The van der Waals surface area contributed by atoms with Crippen LogP contribution in [0.15, 0.2) is 47.3 Å². The number of fused-ring (bicyclic) bond motifs is 1. The van der Waals surface area contributed by atoms with Crippen molar-refractivity contribution in [2.24, 2.45) is 0 Å². The minimum absolute atomic E-state index is 0.0300. The molecule has 1 aromatic heterocycles. The third kappa shape index (κ3) is 3.33. The summed E-state index contributed by atoms with van der Waals surface area (Å²) in [5, 5.41) is 9.43. The molecule has 3 aromatic rings. The molecular formula is C18H12FN3O3. The predicted octanol–water partition coefficient (Wildman–Crippen LogP) is 2.33. The van der Waals surface area contributed by atoms with Gasteiger partial charge in [-0.25, -0.2) is 9.49 Å². The molecule has 7 heteroatoms. The molecule has 0 unspecified atom stereocenters. The number of carbonyl (C=O) groups is 1.